The minimum atomic E-state index is -1.54. The first-order valence-electron chi connectivity index (χ1n) is 3.58. The summed E-state index contributed by atoms with van der Waals surface area (Å²) >= 11 is 0. The van der Waals surface area contributed by atoms with Crippen molar-refractivity contribution in [1.29, 1.82) is 0 Å². The van der Waals surface area contributed by atoms with E-state index in [0.717, 1.165) is 0 Å². The summed E-state index contributed by atoms with van der Waals surface area (Å²) in [5, 5.41) is 10.3. The van der Waals surface area contributed by atoms with Crippen molar-refractivity contribution in [2.45, 2.75) is 0 Å². The Hall–Kier alpha value is -2.05. The lowest BCUT2D eigenvalue weighted by molar-refractivity contribution is -0.386. The van der Waals surface area contributed by atoms with Crippen LogP contribution < -0.4 is 0 Å². The fourth-order valence-corrected chi connectivity index (χ4v) is 1.21. The Balaban J connectivity index is 2.95. The summed E-state index contributed by atoms with van der Waals surface area (Å²) in [5.41, 5.74) is -1.28. The molecule has 0 saturated heterocycles. The van der Waals surface area contributed by atoms with Gasteiger partial charge in [0.25, 0.3) is 0 Å². The molecule has 0 amide bonds. The molecule has 2 aromatic heterocycles. The van der Waals surface area contributed by atoms with Crippen LogP contribution in [0.25, 0.3) is 11.0 Å². The molecule has 0 N–H and O–H groups in total. The summed E-state index contributed by atoms with van der Waals surface area (Å²) in [4.78, 5) is 12.5. The Morgan fingerprint density at radius 3 is 2.93 bits per heavy atom. The second kappa shape index (κ2) is 2.72. The van der Waals surface area contributed by atoms with Crippen molar-refractivity contribution in [3.05, 3.63) is 34.4 Å². The third-order valence-corrected chi connectivity index (χ3v) is 1.78. The lowest BCUT2D eigenvalue weighted by Crippen LogP contribution is -1.92. The van der Waals surface area contributed by atoms with Gasteiger partial charge in [0.2, 0.25) is 0 Å². The number of aromatic nitrogens is 2. The monoisotopic (exact) mass is 199 g/mol. The van der Waals surface area contributed by atoms with Crippen LogP contribution in [0.2, 0.25) is 0 Å². The van der Waals surface area contributed by atoms with E-state index in [1.54, 1.807) is 0 Å². The molecule has 0 spiro atoms. The number of nitro groups is 1. The number of fused-ring (bicyclic) bond motifs is 1. The van der Waals surface area contributed by atoms with Crippen LogP contribution in [0.4, 0.5) is 14.6 Å². The van der Waals surface area contributed by atoms with E-state index in [4.69, 9.17) is 0 Å². The van der Waals surface area contributed by atoms with Gasteiger partial charge in [0, 0.05) is 6.20 Å². The van der Waals surface area contributed by atoms with Crippen LogP contribution >= 0.6 is 0 Å². The van der Waals surface area contributed by atoms with E-state index >= 15 is 0 Å². The first kappa shape index (κ1) is 8.54. The zero-order valence-corrected chi connectivity index (χ0v) is 6.65. The Bertz CT molecular complexity index is 523. The predicted molar refractivity (Wildman–Crippen MR) is 42.9 cm³/mol. The molecule has 0 aliphatic rings. The van der Waals surface area contributed by atoms with E-state index < -0.39 is 27.0 Å². The van der Waals surface area contributed by atoms with Crippen molar-refractivity contribution in [1.82, 2.24) is 9.77 Å². The maximum absolute atomic E-state index is 13.0. The Morgan fingerprint density at radius 1 is 1.57 bits per heavy atom. The fraction of sp³-hybridized carbons (Fsp3) is 0. The molecule has 0 saturated carbocycles. The molecule has 5 nitrogen and oxygen atoms in total. The lowest BCUT2D eigenvalue weighted by atomic mass is 10.3. The second-order valence-electron chi connectivity index (χ2n) is 2.55. The molecule has 0 atom stereocenters. The number of hydrogen-bond acceptors (Lipinski definition) is 3. The van der Waals surface area contributed by atoms with Crippen molar-refractivity contribution in [2.24, 2.45) is 0 Å². The first-order valence-corrected chi connectivity index (χ1v) is 3.58. The molecule has 2 rings (SSSR count). The van der Waals surface area contributed by atoms with Gasteiger partial charge in [-0.2, -0.15) is 4.39 Å². The van der Waals surface area contributed by atoms with Gasteiger partial charge >= 0.3 is 11.6 Å². The average Bonchev–Trinajstić information content (AvgIpc) is 2.41. The van der Waals surface area contributed by atoms with E-state index in [-0.39, 0.29) is 5.39 Å². The van der Waals surface area contributed by atoms with Crippen LogP contribution in [0.5, 0.6) is 0 Å². The Morgan fingerprint density at radius 2 is 2.29 bits per heavy atom. The molecule has 0 radical (unpaired) electrons. The molecule has 14 heavy (non-hydrogen) atoms. The summed E-state index contributed by atoms with van der Waals surface area (Å²) in [6.07, 6.45) is 1.22. The van der Waals surface area contributed by atoms with Crippen LogP contribution in [-0.2, 0) is 0 Å². The van der Waals surface area contributed by atoms with Gasteiger partial charge in [-0.15, -0.1) is 4.79 Å². The summed E-state index contributed by atoms with van der Waals surface area (Å²) in [7, 11) is 0. The SMILES string of the molecule is O=[N+]([O-])c1c(F)n(F)c2ncccc12. The summed E-state index contributed by atoms with van der Waals surface area (Å²) in [5.74, 6) is -1.54. The van der Waals surface area contributed by atoms with Gasteiger partial charge in [-0.1, -0.05) is 4.48 Å². The quantitative estimate of drug-likeness (QED) is 0.519. The zero-order valence-electron chi connectivity index (χ0n) is 6.65. The topological polar surface area (TPSA) is 61.0 Å². The number of halogens is 2. The predicted octanol–water partition coefficient (Wildman–Crippen LogP) is 1.82. The van der Waals surface area contributed by atoms with Crippen molar-refractivity contribution in [3.63, 3.8) is 0 Å². The van der Waals surface area contributed by atoms with Crippen LogP contribution in [0.3, 0.4) is 0 Å². The Labute approximate surface area is 75.7 Å². The molecule has 2 heterocycles. The number of rotatable bonds is 1. The molecule has 2 aromatic rings. The molecular formula is C7H3F2N3O2. The summed E-state index contributed by atoms with van der Waals surface area (Å²) < 4.78 is 25.9. The van der Waals surface area contributed by atoms with Crippen molar-refractivity contribution in [3.8, 4) is 0 Å². The summed E-state index contributed by atoms with van der Waals surface area (Å²) in [6, 6.07) is 2.61. The molecule has 0 aromatic carbocycles. The molecule has 7 heteroatoms. The van der Waals surface area contributed by atoms with E-state index in [1.165, 1.54) is 18.3 Å². The smallest absolute Gasteiger partial charge is 0.258 e. The van der Waals surface area contributed by atoms with Crippen LogP contribution in [0.15, 0.2) is 18.3 Å². The van der Waals surface area contributed by atoms with Crippen molar-refractivity contribution >= 4 is 16.7 Å². The van der Waals surface area contributed by atoms with E-state index in [0.29, 0.717) is 0 Å². The number of hydrogen-bond donors (Lipinski definition) is 0. The van der Waals surface area contributed by atoms with Gasteiger partial charge in [-0.25, -0.2) is 4.98 Å². The lowest BCUT2D eigenvalue weighted by Gasteiger charge is -1.86. The molecule has 0 fully saturated rings. The highest BCUT2D eigenvalue weighted by Gasteiger charge is 2.27. The van der Waals surface area contributed by atoms with Gasteiger partial charge < -0.3 is 0 Å². The van der Waals surface area contributed by atoms with Gasteiger partial charge in [0.1, 0.15) is 5.39 Å². The normalized spacial score (nSPS) is 10.7. The van der Waals surface area contributed by atoms with Crippen molar-refractivity contribution < 1.29 is 13.8 Å². The van der Waals surface area contributed by atoms with Gasteiger partial charge in [0.05, 0.1) is 4.92 Å². The summed E-state index contributed by atoms with van der Waals surface area (Å²) in [6.45, 7) is 0. The molecule has 72 valence electrons. The molecule has 0 unspecified atom stereocenters. The highest BCUT2D eigenvalue weighted by Crippen LogP contribution is 2.29. The first-order chi connectivity index (χ1) is 6.63. The minimum Gasteiger partial charge on any atom is -0.258 e. The second-order valence-corrected chi connectivity index (χ2v) is 2.55. The van der Waals surface area contributed by atoms with E-state index in [1.807, 2.05) is 0 Å². The maximum Gasteiger partial charge on any atom is 0.335 e. The third-order valence-electron chi connectivity index (χ3n) is 1.78. The van der Waals surface area contributed by atoms with Gasteiger partial charge in [0.15, 0.2) is 5.65 Å². The third kappa shape index (κ3) is 0.951. The van der Waals surface area contributed by atoms with Crippen molar-refractivity contribution in [2.75, 3.05) is 0 Å². The van der Waals surface area contributed by atoms with Gasteiger partial charge in [-0.3, -0.25) is 10.1 Å². The fourth-order valence-electron chi connectivity index (χ4n) is 1.21. The average molecular weight is 199 g/mol. The van der Waals surface area contributed by atoms with Crippen LogP contribution in [0.1, 0.15) is 0 Å². The number of pyridine rings is 1. The molecule has 0 aliphatic carbocycles. The number of nitrogens with zero attached hydrogens (tertiary/aromatic N) is 3. The molecule has 0 aliphatic heterocycles. The van der Waals surface area contributed by atoms with Crippen LogP contribution in [-0.4, -0.2) is 14.7 Å². The Kier molecular flexibility index (Phi) is 1.66. The van der Waals surface area contributed by atoms with E-state index in [2.05, 4.69) is 4.98 Å². The molecular weight excluding hydrogens is 196 g/mol. The van der Waals surface area contributed by atoms with Gasteiger partial charge in [-0.05, 0) is 12.1 Å². The zero-order chi connectivity index (χ0) is 10.3. The maximum atomic E-state index is 13.0. The van der Waals surface area contributed by atoms with E-state index in [9.17, 15) is 19.0 Å². The highest BCUT2D eigenvalue weighted by molar-refractivity contribution is 5.86. The molecule has 0 bridgehead atoms. The standard InChI is InChI=1S/C7H3F2N3O2/c8-6-5(12(13)14)4-2-1-3-10-7(4)11(6)9/h1-3H. The van der Waals surface area contributed by atoms with Crippen LogP contribution in [0, 0.1) is 16.1 Å². The largest absolute Gasteiger partial charge is 0.335 e. The minimum absolute atomic E-state index is 0.155. The highest BCUT2D eigenvalue weighted by atomic mass is 19.2.